The number of anilines is 1. The van der Waals surface area contributed by atoms with Crippen molar-refractivity contribution in [3.05, 3.63) is 101 Å². The molecule has 1 nitrogen and oxygen atoms in total. The van der Waals surface area contributed by atoms with Crippen LogP contribution in [0.3, 0.4) is 0 Å². The lowest BCUT2D eigenvalue weighted by atomic mass is 9.76. The first-order valence-corrected chi connectivity index (χ1v) is 12.3. The van der Waals surface area contributed by atoms with Gasteiger partial charge >= 0.3 is 0 Å². The first kappa shape index (κ1) is 22.5. The summed E-state index contributed by atoms with van der Waals surface area (Å²) in [6.07, 6.45) is 0.892. The quantitative estimate of drug-likeness (QED) is 0.270. The van der Waals surface area contributed by atoms with Gasteiger partial charge in [0.1, 0.15) is 0 Å². The summed E-state index contributed by atoms with van der Waals surface area (Å²) in [5.74, 6) is 0. The van der Waals surface area contributed by atoms with Crippen LogP contribution in [0.5, 0.6) is 0 Å². The van der Waals surface area contributed by atoms with Crippen molar-refractivity contribution in [1.29, 1.82) is 0 Å². The number of nitrogens with two attached hydrogens (primary N) is 1. The van der Waals surface area contributed by atoms with Crippen molar-refractivity contribution < 1.29 is 0 Å². The molecule has 0 unspecified atom stereocenters. The van der Waals surface area contributed by atoms with Crippen LogP contribution in [0.15, 0.2) is 78.9 Å². The summed E-state index contributed by atoms with van der Waals surface area (Å²) >= 11 is 0. The van der Waals surface area contributed by atoms with Gasteiger partial charge in [-0.1, -0.05) is 114 Å². The highest BCUT2D eigenvalue weighted by atomic mass is 14.6. The van der Waals surface area contributed by atoms with Crippen LogP contribution in [0.2, 0.25) is 0 Å². The van der Waals surface area contributed by atoms with E-state index in [1.807, 2.05) is 0 Å². The molecule has 0 radical (unpaired) electrons. The Morgan fingerprint density at radius 1 is 0.559 bits per heavy atom. The Balaban J connectivity index is 1.91. The summed E-state index contributed by atoms with van der Waals surface area (Å²) in [5, 5.41) is 0. The number of fused-ring (bicyclic) bond motifs is 3. The first-order chi connectivity index (χ1) is 16.1. The summed E-state index contributed by atoms with van der Waals surface area (Å²) in [5.41, 5.74) is 20.9. The van der Waals surface area contributed by atoms with Crippen LogP contribution < -0.4 is 5.73 Å². The Kier molecular flexibility index (Phi) is 5.20. The molecule has 0 spiro atoms. The third-order valence-corrected chi connectivity index (χ3v) is 7.18. The van der Waals surface area contributed by atoms with Crippen LogP contribution >= 0.6 is 0 Å². The second-order valence-corrected chi connectivity index (χ2v) is 11.7. The number of benzene rings is 4. The maximum absolute atomic E-state index is 7.16. The highest BCUT2D eigenvalue weighted by Gasteiger charge is 2.29. The van der Waals surface area contributed by atoms with E-state index in [9.17, 15) is 0 Å². The van der Waals surface area contributed by atoms with Gasteiger partial charge in [-0.2, -0.15) is 0 Å². The first-order valence-electron chi connectivity index (χ1n) is 12.3. The van der Waals surface area contributed by atoms with Gasteiger partial charge in [0.05, 0.1) is 0 Å². The summed E-state index contributed by atoms with van der Waals surface area (Å²) in [4.78, 5) is 0. The van der Waals surface area contributed by atoms with E-state index in [1.165, 1.54) is 55.6 Å². The van der Waals surface area contributed by atoms with Gasteiger partial charge in [-0.25, -0.2) is 0 Å². The zero-order chi connectivity index (χ0) is 24.3. The molecular weight excluding hydrogens is 410 g/mol. The molecule has 0 fully saturated rings. The van der Waals surface area contributed by atoms with Crippen molar-refractivity contribution in [2.45, 2.75) is 58.8 Å². The second-order valence-electron chi connectivity index (χ2n) is 11.7. The van der Waals surface area contributed by atoms with Crippen LogP contribution in [0, 0.1) is 0 Å². The molecule has 0 saturated carbocycles. The lowest BCUT2D eigenvalue weighted by Gasteiger charge is -2.28. The standard InChI is InChI=1S/C33H35N/c1-32(2,3)28-17-11-9-15-23(28)26-20-25-22-14-8-7-13-21(22)19-27(25)31(34)30(26)24-16-10-12-18-29(24)33(4,5)6/h7-18,20H,19,34H2,1-6H3. The number of nitrogen functional groups attached to an aromatic ring is 1. The van der Waals surface area contributed by atoms with E-state index in [0.717, 1.165) is 12.1 Å². The minimum Gasteiger partial charge on any atom is -0.398 e. The zero-order valence-corrected chi connectivity index (χ0v) is 21.3. The molecule has 172 valence electrons. The highest BCUT2D eigenvalue weighted by Crippen LogP contribution is 2.50. The zero-order valence-electron chi connectivity index (χ0n) is 21.3. The number of hydrogen-bond acceptors (Lipinski definition) is 1. The van der Waals surface area contributed by atoms with Crippen LogP contribution in [0.25, 0.3) is 33.4 Å². The predicted octanol–water partition coefficient (Wildman–Crippen LogP) is 8.77. The number of rotatable bonds is 2. The monoisotopic (exact) mass is 445 g/mol. The van der Waals surface area contributed by atoms with E-state index in [-0.39, 0.29) is 10.8 Å². The van der Waals surface area contributed by atoms with Crippen molar-refractivity contribution >= 4 is 5.69 Å². The molecule has 1 aliphatic carbocycles. The molecule has 0 atom stereocenters. The maximum Gasteiger partial charge on any atom is 0.0442 e. The molecule has 0 aromatic heterocycles. The molecule has 2 N–H and O–H groups in total. The van der Waals surface area contributed by atoms with Gasteiger partial charge < -0.3 is 5.73 Å². The molecule has 1 heteroatoms. The van der Waals surface area contributed by atoms with E-state index < -0.39 is 0 Å². The van der Waals surface area contributed by atoms with Crippen LogP contribution in [0.4, 0.5) is 5.69 Å². The molecule has 0 aliphatic heterocycles. The fraction of sp³-hybridized carbons (Fsp3) is 0.273. The summed E-state index contributed by atoms with van der Waals surface area (Å²) in [6.45, 7) is 13.7. The SMILES string of the molecule is CC(C)(C)c1ccccc1-c1cc2c(c(N)c1-c1ccccc1C(C)(C)C)Cc1ccccc1-2. The highest BCUT2D eigenvalue weighted by molar-refractivity contribution is 6.00. The Bertz CT molecular complexity index is 1390. The lowest BCUT2D eigenvalue weighted by molar-refractivity contribution is 0.591. The Morgan fingerprint density at radius 2 is 1.06 bits per heavy atom. The summed E-state index contributed by atoms with van der Waals surface area (Å²) in [6, 6.07) is 28.8. The topological polar surface area (TPSA) is 26.0 Å². The van der Waals surface area contributed by atoms with Crippen molar-refractivity contribution in [3.63, 3.8) is 0 Å². The van der Waals surface area contributed by atoms with Gasteiger partial charge in [-0.05, 0) is 67.0 Å². The Hall–Kier alpha value is -3.32. The van der Waals surface area contributed by atoms with Crippen molar-refractivity contribution in [3.8, 4) is 33.4 Å². The summed E-state index contributed by atoms with van der Waals surface area (Å²) < 4.78 is 0. The lowest BCUT2D eigenvalue weighted by Crippen LogP contribution is -2.15. The second kappa shape index (κ2) is 7.87. The molecule has 1 aliphatic rings. The van der Waals surface area contributed by atoms with Gasteiger partial charge in [0.15, 0.2) is 0 Å². The van der Waals surface area contributed by atoms with Crippen molar-refractivity contribution in [1.82, 2.24) is 0 Å². The van der Waals surface area contributed by atoms with E-state index in [4.69, 9.17) is 5.73 Å². The fourth-order valence-electron chi connectivity index (χ4n) is 5.53. The third-order valence-electron chi connectivity index (χ3n) is 7.18. The molecular formula is C33H35N. The molecule has 4 aromatic carbocycles. The van der Waals surface area contributed by atoms with Gasteiger partial charge in [-0.3, -0.25) is 0 Å². The predicted molar refractivity (Wildman–Crippen MR) is 147 cm³/mol. The van der Waals surface area contributed by atoms with Crippen LogP contribution in [-0.4, -0.2) is 0 Å². The van der Waals surface area contributed by atoms with E-state index >= 15 is 0 Å². The normalized spacial score (nSPS) is 13.0. The van der Waals surface area contributed by atoms with Gasteiger partial charge in [-0.15, -0.1) is 0 Å². The molecule has 34 heavy (non-hydrogen) atoms. The fourth-order valence-corrected chi connectivity index (χ4v) is 5.53. The average molecular weight is 446 g/mol. The van der Waals surface area contributed by atoms with E-state index in [1.54, 1.807) is 0 Å². The number of hydrogen-bond donors (Lipinski definition) is 1. The van der Waals surface area contributed by atoms with Crippen LogP contribution in [-0.2, 0) is 17.3 Å². The maximum atomic E-state index is 7.16. The third kappa shape index (κ3) is 3.64. The molecule has 0 bridgehead atoms. The average Bonchev–Trinajstić information content (AvgIpc) is 3.17. The molecule has 0 heterocycles. The molecule has 5 rings (SSSR count). The minimum absolute atomic E-state index is 0.00578. The van der Waals surface area contributed by atoms with Crippen molar-refractivity contribution in [2.24, 2.45) is 0 Å². The molecule has 0 amide bonds. The largest absolute Gasteiger partial charge is 0.398 e. The van der Waals surface area contributed by atoms with E-state index in [2.05, 4.69) is 120 Å². The van der Waals surface area contributed by atoms with Crippen LogP contribution in [0.1, 0.15) is 63.8 Å². The van der Waals surface area contributed by atoms with Gasteiger partial charge in [0, 0.05) is 17.7 Å². The Labute approximate surface area is 204 Å². The van der Waals surface area contributed by atoms with E-state index in [0.29, 0.717) is 0 Å². The molecule has 4 aromatic rings. The summed E-state index contributed by atoms with van der Waals surface area (Å²) in [7, 11) is 0. The molecule has 0 saturated heterocycles. The van der Waals surface area contributed by atoms with Crippen molar-refractivity contribution in [2.75, 3.05) is 5.73 Å². The smallest absolute Gasteiger partial charge is 0.0442 e. The van der Waals surface area contributed by atoms with Gasteiger partial charge in [0.25, 0.3) is 0 Å². The van der Waals surface area contributed by atoms with Gasteiger partial charge in [0.2, 0.25) is 0 Å². The minimum atomic E-state index is 0.00578. The Morgan fingerprint density at radius 3 is 1.68 bits per heavy atom.